The molecule has 0 atom stereocenters. The van der Waals surface area contributed by atoms with Crippen LogP contribution in [-0.4, -0.2) is 22.5 Å². The summed E-state index contributed by atoms with van der Waals surface area (Å²) >= 11 is 0. The van der Waals surface area contributed by atoms with Gasteiger partial charge in [0.1, 0.15) is 0 Å². The molecule has 1 N–H and O–H groups in total. The van der Waals surface area contributed by atoms with Gasteiger partial charge in [-0.1, -0.05) is 37.3 Å². The lowest BCUT2D eigenvalue weighted by Gasteiger charge is -2.18. The number of benzene rings is 2. The predicted molar refractivity (Wildman–Crippen MR) is 104 cm³/mol. The number of carbonyl (C=O) groups excluding carboxylic acids is 1. The normalized spacial score (nSPS) is 10.8. The molecule has 0 aliphatic heterocycles. The van der Waals surface area contributed by atoms with Crippen LogP contribution >= 0.6 is 0 Å². The summed E-state index contributed by atoms with van der Waals surface area (Å²) in [5.41, 5.74) is 4.39. The SMILES string of the molecule is CCc1ccc(CN(C)C(=O)Nc2ccc3ccn(CC)c3c2)cc1. The quantitative estimate of drug-likeness (QED) is 0.708. The minimum atomic E-state index is -0.103. The molecule has 4 heteroatoms. The zero-order chi connectivity index (χ0) is 17.8. The van der Waals surface area contributed by atoms with Crippen molar-refractivity contribution in [1.29, 1.82) is 0 Å². The highest BCUT2D eigenvalue weighted by Crippen LogP contribution is 2.21. The molecule has 3 aromatic rings. The minimum Gasteiger partial charge on any atom is -0.348 e. The van der Waals surface area contributed by atoms with Gasteiger partial charge in [0.05, 0.1) is 5.52 Å². The number of fused-ring (bicyclic) bond motifs is 1. The molecule has 0 saturated carbocycles. The molecule has 130 valence electrons. The molecule has 2 amide bonds. The van der Waals surface area contributed by atoms with E-state index in [1.807, 2.05) is 25.2 Å². The van der Waals surface area contributed by atoms with Crippen LogP contribution in [0, 0.1) is 0 Å². The summed E-state index contributed by atoms with van der Waals surface area (Å²) in [5.74, 6) is 0. The maximum absolute atomic E-state index is 12.5. The molecule has 0 spiro atoms. The number of hydrogen-bond acceptors (Lipinski definition) is 1. The number of nitrogens with one attached hydrogen (secondary N) is 1. The first kappa shape index (κ1) is 17.1. The number of carbonyl (C=O) groups is 1. The molecule has 0 radical (unpaired) electrons. The summed E-state index contributed by atoms with van der Waals surface area (Å²) in [6, 6.07) is 16.4. The van der Waals surface area contributed by atoms with Gasteiger partial charge in [-0.2, -0.15) is 0 Å². The Morgan fingerprint density at radius 2 is 1.76 bits per heavy atom. The minimum absolute atomic E-state index is 0.103. The summed E-state index contributed by atoms with van der Waals surface area (Å²) in [7, 11) is 1.82. The van der Waals surface area contributed by atoms with Crippen LogP contribution < -0.4 is 5.32 Å². The van der Waals surface area contributed by atoms with Crippen LogP contribution in [0.5, 0.6) is 0 Å². The molecule has 0 bridgehead atoms. The van der Waals surface area contributed by atoms with Gasteiger partial charge in [-0.3, -0.25) is 0 Å². The topological polar surface area (TPSA) is 37.3 Å². The van der Waals surface area contributed by atoms with Gasteiger partial charge in [0, 0.05) is 32.0 Å². The smallest absolute Gasteiger partial charge is 0.321 e. The van der Waals surface area contributed by atoms with Crippen molar-refractivity contribution in [2.75, 3.05) is 12.4 Å². The van der Waals surface area contributed by atoms with Crippen molar-refractivity contribution in [3.63, 3.8) is 0 Å². The fourth-order valence-corrected chi connectivity index (χ4v) is 2.98. The van der Waals surface area contributed by atoms with Crippen LogP contribution in [0.2, 0.25) is 0 Å². The molecular formula is C21H25N3O. The fraction of sp³-hybridized carbons (Fsp3) is 0.286. The molecule has 1 aromatic heterocycles. The zero-order valence-corrected chi connectivity index (χ0v) is 15.1. The number of hydrogen-bond donors (Lipinski definition) is 1. The van der Waals surface area contributed by atoms with Crippen LogP contribution in [0.25, 0.3) is 10.9 Å². The largest absolute Gasteiger partial charge is 0.348 e. The molecular weight excluding hydrogens is 310 g/mol. The summed E-state index contributed by atoms with van der Waals surface area (Å²) in [6.45, 7) is 5.75. The van der Waals surface area contributed by atoms with Crippen molar-refractivity contribution in [2.45, 2.75) is 33.4 Å². The Morgan fingerprint density at radius 1 is 1.04 bits per heavy atom. The van der Waals surface area contributed by atoms with Gasteiger partial charge in [0.2, 0.25) is 0 Å². The lowest BCUT2D eigenvalue weighted by molar-refractivity contribution is 0.220. The second kappa shape index (κ2) is 7.43. The van der Waals surface area contributed by atoms with E-state index in [2.05, 4.69) is 60.3 Å². The third kappa shape index (κ3) is 3.85. The number of aromatic nitrogens is 1. The molecule has 0 unspecified atom stereocenters. The van der Waals surface area contributed by atoms with E-state index in [9.17, 15) is 4.79 Å². The Labute approximate surface area is 149 Å². The van der Waals surface area contributed by atoms with E-state index >= 15 is 0 Å². The van der Waals surface area contributed by atoms with Crippen LogP contribution in [-0.2, 0) is 19.5 Å². The maximum Gasteiger partial charge on any atom is 0.321 e. The molecule has 4 nitrogen and oxygen atoms in total. The fourth-order valence-electron chi connectivity index (χ4n) is 2.98. The van der Waals surface area contributed by atoms with Gasteiger partial charge < -0.3 is 14.8 Å². The van der Waals surface area contributed by atoms with Crippen molar-refractivity contribution >= 4 is 22.6 Å². The molecule has 0 aliphatic rings. The standard InChI is InChI=1S/C21H25N3O/c1-4-16-6-8-17(9-7-16)15-23(3)21(25)22-19-11-10-18-12-13-24(5-2)20(18)14-19/h6-14H,4-5,15H2,1-3H3,(H,22,25). The first-order chi connectivity index (χ1) is 12.1. The Morgan fingerprint density at radius 3 is 2.44 bits per heavy atom. The van der Waals surface area contributed by atoms with E-state index in [1.165, 1.54) is 10.9 Å². The van der Waals surface area contributed by atoms with Gasteiger partial charge in [0.15, 0.2) is 0 Å². The number of aryl methyl sites for hydroxylation is 2. The van der Waals surface area contributed by atoms with Crippen LogP contribution in [0.3, 0.4) is 0 Å². The second-order valence-electron chi connectivity index (χ2n) is 6.33. The van der Waals surface area contributed by atoms with E-state index in [-0.39, 0.29) is 6.03 Å². The Hall–Kier alpha value is -2.75. The van der Waals surface area contributed by atoms with Crippen LogP contribution in [0.15, 0.2) is 54.7 Å². The molecule has 3 rings (SSSR count). The van der Waals surface area contributed by atoms with Crippen molar-refractivity contribution in [3.05, 3.63) is 65.9 Å². The monoisotopic (exact) mass is 335 g/mol. The number of rotatable bonds is 5. The summed E-state index contributed by atoms with van der Waals surface area (Å²) < 4.78 is 2.17. The van der Waals surface area contributed by atoms with Gasteiger partial charge in [-0.15, -0.1) is 0 Å². The summed E-state index contributed by atoms with van der Waals surface area (Å²) in [5, 5.41) is 4.18. The summed E-state index contributed by atoms with van der Waals surface area (Å²) in [4.78, 5) is 14.2. The average molecular weight is 335 g/mol. The number of amides is 2. The Kier molecular flexibility index (Phi) is 5.08. The number of urea groups is 1. The van der Waals surface area contributed by atoms with E-state index in [1.54, 1.807) is 4.90 Å². The highest BCUT2D eigenvalue weighted by atomic mass is 16.2. The molecule has 0 aliphatic carbocycles. The first-order valence-corrected chi connectivity index (χ1v) is 8.79. The molecule has 1 heterocycles. The van der Waals surface area contributed by atoms with E-state index in [0.29, 0.717) is 6.54 Å². The third-order valence-electron chi connectivity index (χ3n) is 4.56. The van der Waals surface area contributed by atoms with E-state index in [4.69, 9.17) is 0 Å². The predicted octanol–water partition coefficient (Wildman–Crippen LogP) is 4.89. The van der Waals surface area contributed by atoms with Gasteiger partial charge in [0.25, 0.3) is 0 Å². The molecule has 2 aromatic carbocycles. The molecule has 0 saturated heterocycles. The van der Waals surface area contributed by atoms with Crippen LogP contribution in [0.4, 0.5) is 10.5 Å². The van der Waals surface area contributed by atoms with Crippen molar-refractivity contribution in [2.24, 2.45) is 0 Å². The van der Waals surface area contributed by atoms with Gasteiger partial charge >= 0.3 is 6.03 Å². The highest BCUT2D eigenvalue weighted by molar-refractivity contribution is 5.92. The Bertz CT molecular complexity index is 864. The Balaban J connectivity index is 1.68. The van der Waals surface area contributed by atoms with Crippen molar-refractivity contribution in [3.8, 4) is 0 Å². The molecule has 0 fully saturated rings. The average Bonchev–Trinajstić information content (AvgIpc) is 3.04. The van der Waals surface area contributed by atoms with E-state index < -0.39 is 0 Å². The third-order valence-corrected chi connectivity index (χ3v) is 4.56. The van der Waals surface area contributed by atoms with Crippen LogP contribution in [0.1, 0.15) is 25.0 Å². The summed E-state index contributed by atoms with van der Waals surface area (Å²) in [6.07, 6.45) is 3.10. The highest BCUT2D eigenvalue weighted by Gasteiger charge is 2.10. The maximum atomic E-state index is 12.5. The van der Waals surface area contributed by atoms with Crippen molar-refractivity contribution < 1.29 is 4.79 Å². The van der Waals surface area contributed by atoms with Crippen molar-refractivity contribution in [1.82, 2.24) is 9.47 Å². The second-order valence-corrected chi connectivity index (χ2v) is 6.33. The van der Waals surface area contributed by atoms with E-state index in [0.717, 1.165) is 29.7 Å². The lowest BCUT2D eigenvalue weighted by Crippen LogP contribution is -2.30. The number of nitrogens with zero attached hydrogens (tertiary/aromatic N) is 2. The van der Waals surface area contributed by atoms with Gasteiger partial charge in [-0.05, 0) is 48.1 Å². The number of anilines is 1. The van der Waals surface area contributed by atoms with Gasteiger partial charge in [-0.25, -0.2) is 4.79 Å². The lowest BCUT2D eigenvalue weighted by atomic mass is 10.1. The molecule has 25 heavy (non-hydrogen) atoms. The first-order valence-electron chi connectivity index (χ1n) is 8.79. The zero-order valence-electron chi connectivity index (χ0n) is 15.1.